The second-order valence-corrected chi connectivity index (χ2v) is 22.8. The van der Waals surface area contributed by atoms with Gasteiger partial charge < -0.3 is 14.2 Å². The van der Waals surface area contributed by atoms with E-state index in [1.165, 1.54) is 289 Å². The molecule has 0 aliphatic rings. The maximum atomic E-state index is 12.9. The highest BCUT2D eigenvalue weighted by molar-refractivity contribution is 5.71. The number of carbonyl (C=O) groups is 3. The van der Waals surface area contributed by atoms with Crippen LogP contribution in [0.1, 0.15) is 387 Å². The number of rotatable bonds is 62. The summed E-state index contributed by atoms with van der Waals surface area (Å²) < 4.78 is 16.9. The Morgan fingerprint density at radius 3 is 0.556 bits per heavy atom. The van der Waals surface area contributed by atoms with Crippen molar-refractivity contribution < 1.29 is 28.6 Å². The van der Waals surface area contributed by atoms with Crippen LogP contribution in [0.25, 0.3) is 0 Å². The van der Waals surface area contributed by atoms with E-state index in [-0.39, 0.29) is 31.1 Å². The Labute approximate surface area is 450 Å². The topological polar surface area (TPSA) is 78.9 Å². The molecule has 0 saturated heterocycles. The molecule has 0 aliphatic carbocycles. The van der Waals surface area contributed by atoms with Crippen molar-refractivity contribution in [3.63, 3.8) is 0 Å². The molecule has 0 heterocycles. The largest absolute Gasteiger partial charge is 0.462 e. The Balaban J connectivity index is 4.14. The predicted octanol–water partition coefficient (Wildman–Crippen LogP) is 22.3. The molecule has 0 rings (SSSR count). The van der Waals surface area contributed by atoms with Crippen molar-refractivity contribution in [3.8, 4) is 0 Å². The van der Waals surface area contributed by atoms with Crippen molar-refractivity contribution in [3.05, 3.63) is 0 Å². The second-order valence-electron chi connectivity index (χ2n) is 22.8. The summed E-state index contributed by atoms with van der Waals surface area (Å²) in [6.07, 6.45) is 71.3. The van der Waals surface area contributed by atoms with Gasteiger partial charge in [-0.2, -0.15) is 0 Å². The summed E-state index contributed by atoms with van der Waals surface area (Å²) in [5.41, 5.74) is 0. The van der Waals surface area contributed by atoms with Gasteiger partial charge in [-0.25, -0.2) is 0 Å². The third-order valence-corrected chi connectivity index (χ3v) is 15.4. The van der Waals surface area contributed by atoms with Crippen LogP contribution < -0.4 is 0 Å². The van der Waals surface area contributed by atoms with Gasteiger partial charge in [0.2, 0.25) is 0 Å². The molecule has 0 N–H and O–H groups in total. The van der Waals surface area contributed by atoms with E-state index in [1.54, 1.807) is 0 Å². The van der Waals surface area contributed by atoms with Gasteiger partial charge in [0.15, 0.2) is 6.10 Å². The monoisotopic (exact) mass is 1020 g/mol. The summed E-state index contributed by atoms with van der Waals surface area (Å²) in [5, 5.41) is 0. The molecular weight excluding hydrogens is 889 g/mol. The first-order valence-corrected chi connectivity index (χ1v) is 33.0. The van der Waals surface area contributed by atoms with Gasteiger partial charge in [0.1, 0.15) is 13.2 Å². The average molecular weight is 1020 g/mol. The molecule has 0 aromatic rings. The maximum Gasteiger partial charge on any atom is 0.306 e. The van der Waals surface area contributed by atoms with E-state index in [1.807, 2.05) is 0 Å². The van der Waals surface area contributed by atoms with Crippen LogP contribution in [0, 0.1) is 0 Å². The molecule has 0 saturated carbocycles. The SMILES string of the molecule is CCCCCCCCCCCCCCCCCCCCCCCCCCC(=O)OCC(COC(=O)CCCCCCCCCCCC)OC(=O)CCCCCCCCCCCCCCCCCCCCCC. The number of ether oxygens (including phenoxy) is 3. The summed E-state index contributed by atoms with van der Waals surface area (Å²) in [7, 11) is 0. The molecule has 0 spiro atoms. The van der Waals surface area contributed by atoms with Crippen LogP contribution in [0.3, 0.4) is 0 Å². The molecule has 0 aliphatic heterocycles. The quantitative estimate of drug-likeness (QED) is 0.0343. The first-order valence-electron chi connectivity index (χ1n) is 33.0. The molecule has 0 bridgehead atoms. The predicted molar refractivity (Wildman–Crippen MR) is 312 cm³/mol. The standard InChI is InChI=1S/C66H128O6/c1-4-7-10-13-16-19-22-24-26-28-30-32-33-34-35-37-38-40-42-44-47-50-53-56-59-65(68)71-62-63(61-70-64(67)58-55-52-49-46-21-18-15-12-9-6-3)72-66(69)60-57-54-51-48-45-43-41-39-36-31-29-27-25-23-20-17-14-11-8-5-2/h63H,4-62H2,1-3H3. The molecule has 0 aromatic carbocycles. The van der Waals surface area contributed by atoms with Crippen LogP contribution in [0.5, 0.6) is 0 Å². The lowest BCUT2D eigenvalue weighted by atomic mass is 10.0. The second kappa shape index (κ2) is 62.0. The lowest BCUT2D eigenvalue weighted by Gasteiger charge is -2.18. The van der Waals surface area contributed by atoms with E-state index in [9.17, 15) is 14.4 Å². The smallest absolute Gasteiger partial charge is 0.306 e. The highest BCUT2D eigenvalue weighted by Crippen LogP contribution is 2.19. The Morgan fingerprint density at radius 2 is 0.375 bits per heavy atom. The minimum atomic E-state index is -0.762. The number of carbonyl (C=O) groups excluding carboxylic acids is 3. The van der Waals surface area contributed by atoms with Crippen LogP contribution in [0.15, 0.2) is 0 Å². The first-order chi connectivity index (χ1) is 35.5. The molecule has 1 atom stereocenters. The van der Waals surface area contributed by atoms with E-state index in [4.69, 9.17) is 14.2 Å². The number of unbranched alkanes of at least 4 members (excludes halogenated alkanes) is 51. The van der Waals surface area contributed by atoms with Gasteiger partial charge in [0, 0.05) is 19.3 Å². The van der Waals surface area contributed by atoms with Gasteiger partial charge >= 0.3 is 17.9 Å². The molecule has 0 aromatic heterocycles. The fraction of sp³-hybridized carbons (Fsp3) is 0.955. The van der Waals surface area contributed by atoms with Crippen molar-refractivity contribution in [2.24, 2.45) is 0 Å². The lowest BCUT2D eigenvalue weighted by Crippen LogP contribution is -2.30. The molecule has 6 heteroatoms. The number of hydrogen-bond acceptors (Lipinski definition) is 6. The fourth-order valence-electron chi connectivity index (χ4n) is 10.4. The van der Waals surface area contributed by atoms with Crippen molar-refractivity contribution >= 4 is 17.9 Å². The highest BCUT2D eigenvalue weighted by Gasteiger charge is 2.19. The van der Waals surface area contributed by atoms with E-state index in [0.717, 1.165) is 57.8 Å². The third-order valence-electron chi connectivity index (χ3n) is 15.4. The van der Waals surface area contributed by atoms with Gasteiger partial charge in [0.25, 0.3) is 0 Å². The maximum absolute atomic E-state index is 12.9. The highest BCUT2D eigenvalue weighted by atomic mass is 16.6. The molecule has 0 amide bonds. The minimum absolute atomic E-state index is 0.0607. The molecule has 6 nitrogen and oxygen atoms in total. The van der Waals surface area contributed by atoms with E-state index in [0.29, 0.717) is 19.3 Å². The Bertz CT molecular complexity index is 1080. The lowest BCUT2D eigenvalue weighted by molar-refractivity contribution is -0.167. The zero-order chi connectivity index (χ0) is 52.2. The van der Waals surface area contributed by atoms with Crippen molar-refractivity contribution in [2.75, 3.05) is 13.2 Å². The third kappa shape index (κ3) is 59.3. The summed E-state index contributed by atoms with van der Waals surface area (Å²) in [6, 6.07) is 0. The van der Waals surface area contributed by atoms with Crippen molar-refractivity contribution in [1.82, 2.24) is 0 Å². The van der Waals surface area contributed by atoms with Gasteiger partial charge in [0.05, 0.1) is 0 Å². The molecule has 0 radical (unpaired) electrons. The number of esters is 3. The minimum Gasteiger partial charge on any atom is -0.462 e. The zero-order valence-corrected chi connectivity index (χ0v) is 49.2. The molecule has 1 unspecified atom stereocenters. The van der Waals surface area contributed by atoms with Crippen molar-refractivity contribution in [2.45, 2.75) is 393 Å². The van der Waals surface area contributed by atoms with E-state index >= 15 is 0 Å². The van der Waals surface area contributed by atoms with Crippen LogP contribution in [-0.2, 0) is 28.6 Å². The Morgan fingerprint density at radius 1 is 0.222 bits per heavy atom. The summed E-state index contributed by atoms with van der Waals surface area (Å²) >= 11 is 0. The van der Waals surface area contributed by atoms with Crippen LogP contribution >= 0.6 is 0 Å². The first kappa shape index (κ1) is 70.4. The summed E-state index contributed by atoms with van der Waals surface area (Å²) in [5.74, 6) is -0.828. The van der Waals surface area contributed by atoms with Crippen LogP contribution in [0.2, 0.25) is 0 Å². The van der Waals surface area contributed by atoms with E-state index in [2.05, 4.69) is 20.8 Å². The normalized spacial score (nSPS) is 11.9. The average Bonchev–Trinajstić information content (AvgIpc) is 3.38. The summed E-state index contributed by atoms with van der Waals surface area (Å²) in [4.78, 5) is 38.2. The van der Waals surface area contributed by atoms with Crippen LogP contribution in [0.4, 0.5) is 0 Å². The zero-order valence-electron chi connectivity index (χ0n) is 49.2. The molecule has 0 fully saturated rings. The Kier molecular flexibility index (Phi) is 60.6. The van der Waals surface area contributed by atoms with E-state index < -0.39 is 6.10 Å². The molecule has 428 valence electrons. The molecule has 72 heavy (non-hydrogen) atoms. The van der Waals surface area contributed by atoms with Crippen LogP contribution in [-0.4, -0.2) is 37.2 Å². The summed E-state index contributed by atoms with van der Waals surface area (Å²) in [6.45, 7) is 6.72. The van der Waals surface area contributed by atoms with Gasteiger partial charge in [-0.15, -0.1) is 0 Å². The Hall–Kier alpha value is -1.59. The number of hydrogen-bond donors (Lipinski definition) is 0. The van der Waals surface area contributed by atoms with Gasteiger partial charge in [-0.3, -0.25) is 14.4 Å². The van der Waals surface area contributed by atoms with Crippen molar-refractivity contribution in [1.29, 1.82) is 0 Å². The fourth-order valence-corrected chi connectivity index (χ4v) is 10.4. The van der Waals surface area contributed by atoms with Gasteiger partial charge in [-0.1, -0.05) is 348 Å². The van der Waals surface area contributed by atoms with Gasteiger partial charge in [-0.05, 0) is 19.3 Å². The molecular formula is C66H128O6.